The van der Waals surface area contributed by atoms with Crippen molar-refractivity contribution in [3.63, 3.8) is 0 Å². The zero-order valence-electron chi connectivity index (χ0n) is 9.36. The number of nitrogens with zero attached hydrogens (tertiary/aromatic N) is 2. The average molecular weight is 208 g/mol. The molecule has 82 valence electrons. The lowest BCUT2D eigenvalue weighted by Gasteiger charge is -2.03. The number of carbonyl (C=O) groups excluding carboxylic acids is 1. The van der Waals surface area contributed by atoms with Crippen LogP contribution >= 0.6 is 0 Å². The summed E-state index contributed by atoms with van der Waals surface area (Å²) in [6.07, 6.45) is 4.05. The molecule has 0 unspecified atom stereocenters. The molecule has 15 heavy (non-hydrogen) atoms. The first-order valence-electron chi connectivity index (χ1n) is 4.98. The zero-order chi connectivity index (χ0) is 11.3. The van der Waals surface area contributed by atoms with E-state index in [2.05, 4.69) is 9.97 Å². The number of methoxy groups -OCH3 is 1. The minimum absolute atomic E-state index is 0.199. The lowest BCUT2D eigenvalue weighted by Crippen LogP contribution is -2.08. The Balaban J connectivity index is 2.53. The smallest absolute Gasteiger partial charge is 0.231 e. The molecule has 1 rings (SSSR count). The van der Waals surface area contributed by atoms with Gasteiger partial charge in [-0.05, 0) is 5.92 Å². The van der Waals surface area contributed by atoms with Crippen molar-refractivity contribution in [1.82, 2.24) is 9.97 Å². The molecule has 0 spiro atoms. The summed E-state index contributed by atoms with van der Waals surface area (Å²) in [5.41, 5.74) is 0.696. The van der Waals surface area contributed by atoms with E-state index < -0.39 is 0 Å². The molecule has 1 aromatic rings. The zero-order valence-corrected chi connectivity index (χ0v) is 9.36. The Labute approximate surface area is 89.7 Å². The van der Waals surface area contributed by atoms with Gasteiger partial charge in [0.05, 0.1) is 31.6 Å². The van der Waals surface area contributed by atoms with Crippen LogP contribution in [0.15, 0.2) is 12.4 Å². The topological polar surface area (TPSA) is 52.1 Å². The molecular weight excluding hydrogens is 192 g/mol. The summed E-state index contributed by atoms with van der Waals surface area (Å²) in [7, 11) is 1.54. The fourth-order valence-corrected chi connectivity index (χ4v) is 1.27. The van der Waals surface area contributed by atoms with Crippen LogP contribution in [-0.4, -0.2) is 22.9 Å². The van der Waals surface area contributed by atoms with Crippen LogP contribution in [0, 0.1) is 5.92 Å². The molecule has 0 aromatic carbocycles. The Hall–Kier alpha value is -1.45. The van der Waals surface area contributed by atoms with Crippen LogP contribution < -0.4 is 4.74 Å². The molecule has 0 N–H and O–H groups in total. The minimum Gasteiger partial charge on any atom is -0.480 e. The van der Waals surface area contributed by atoms with Crippen molar-refractivity contribution in [3.05, 3.63) is 18.1 Å². The van der Waals surface area contributed by atoms with E-state index in [0.717, 1.165) is 0 Å². The van der Waals surface area contributed by atoms with Crippen molar-refractivity contribution in [1.29, 1.82) is 0 Å². The SMILES string of the molecule is COc1cnc(CC(=O)CC(C)C)cn1. The molecule has 0 saturated heterocycles. The Morgan fingerprint density at radius 2 is 2.13 bits per heavy atom. The third kappa shape index (κ3) is 4.06. The van der Waals surface area contributed by atoms with Crippen LogP contribution in [0.5, 0.6) is 5.88 Å². The highest BCUT2D eigenvalue weighted by atomic mass is 16.5. The second-order valence-corrected chi connectivity index (χ2v) is 3.86. The summed E-state index contributed by atoms with van der Waals surface area (Å²) < 4.78 is 4.88. The van der Waals surface area contributed by atoms with Gasteiger partial charge in [-0.1, -0.05) is 13.8 Å². The van der Waals surface area contributed by atoms with Gasteiger partial charge in [-0.3, -0.25) is 9.78 Å². The largest absolute Gasteiger partial charge is 0.480 e. The first kappa shape index (κ1) is 11.6. The first-order chi connectivity index (χ1) is 7.11. The lowest BCUT2D eigenvalue weighted by molar-refractivity contribution is -0.119. The van der Waals surface area contributed by atoms with E-state index in [4.69, 9.17) is 4.74 Å². The average Bonchev–Trinajstić information content (AvgIpc) is 2.17. The number of hydrogen-bond donors (Lipinski definition) is 0. The van der Waals surface area contributed by atoms with E-state index in [0.29, 0.717) is 30.3 Å². The normalized spacial score (nSPS) is 10.4. The molecule has 0 radical (unpaired) electrons. The third-order valence-corrected chi connectivity index (χ3v) is 1.90. The number of rotatable bonds is 5. The summed E-state index contributed by atoms with van der Waals surface area (Å²) in [4.78, 5) is 19.6. The second-order valence-electron chi connectivity index (χ2n) is 3.86. The molecule has 1 heterocycles. The number of carbonyl (C=O) groups is 1. The fraction of sp³-hybridized carbons (Fsp3) is 0.545. The molecule has 0 saturated carbocycles. The van der Waals surface area contributed by atoms with Crippen LogP contribution in [0.3, 0.4) is 0 Å². The first-order valence-corrected chi connectivity index (χ1v) is 4.98. The Bertz CT molecular complexity index is 320. The maximum Gasteiger partial charge on any atom is 0.231 e. The summed E-state index contributed by atoms with van der Waals surface area (Å²) in [5, 5.41) is 0. The molecule has 0 amide bonds. The third-order valence-electron chi connectivity index (χ3n) is 1.90. The van der Waals surface area contributed by atoms with Crippen molar-refractivity contribution >= 4 is 5.78 Å². The maximum absolute atomic E-state index is 11.5. The molecule has 0 aliphatic heterocycles. The number of aromatic nitrogens is 2. The van der Waals surface area contributed by atoms with Crippen LogP contribution in [0.2, 0.25) is 0 Å². The van der Waals surface area contributed by atoms with Gasteiger partial charge in [-0.15, -0.1) is 0 Å². The van der Waals surface area contributed by atoms with Gasteiger partial charge in [-0.25, -0.2) is 4.98 Å². The van der Waals surface area contributed by atoms with Crippen LogP contribution in [0.1, 0.15) is 26.0 Å². The number of ether oxygens (including phenoxy) is 1. The van der Waals surface area contributed by atoms with E-state index in [-0.39, 0.29) is 5.78 Å². The van der Waals surface area contributed by atoms with E-state index in [9.17, 15) is 4.79 Å². The van der Waals surface area contributed by atoms with Gasteiger partial charge < -0.3 is 4.74 Å². The van der Waals surface area contributed by atoms with E-state index in [1.54, 1.807) is 6.20 Å². The van der Waals surface area contributed by atoms with Crippen molar-refractivity contribution in [2.75, 3.05) is 7.11 Å². The minimum atomic E-state index is 0.199. The summed E-state index contributed by atoms with van der Waals surface area (Å²) >= 11 is 0. The van der Waals surface area contributed by atoms with Gasteiger partial charge >= 0.3 is 0 Å². The Morgan fingerprint density at radius 3 is 2.60 bits per heavy atom. The van der Waals surface area contributed by atoms with Crippen LogP contribution in [0.25, 0.3) is 0 Å². The van der Waals surface area contributed by atoms with Crippen molar-refractivity contribution in [2.24, 2.45) is 5.92 Å². The monoisotopic (exact) mass is 208 g/mol. The number of ketones is 1. The quantitative estimate of drug-likeness (QED) is 0.738. The molecule has 0 aliphatic rings. The molecule has 4 heteroatoms. The second kappa shape index (κ2) is 5.44. The van der Waals surface area contributed by atoms with Crippen LogP contribution in [-0.2, 0) is 11.2 Å². The molecule has 4 nitrogen and oxygen atoms in total. The maximum atomic E-state index is 11.5. The number of hydrogen-bond acceptors (Lipinski definition) is 4. The standard InChI is InChI=1S/C11H16N2O2/c1-8(2)4-10(14)5-9-6-13-11(15-3)7-12-9/h6-8H,4-5H2,1-3H3. The van der Waals surface area contributed by atoms with Gasteiger partial charge in [0.2, 0.25) is 5.88 Å². The van der Waals surface area contributed by atoms with Gasteiger partial charge in [-0.2, -0.15) is 0 Å². The van der Waals surface area contributed by atoms with Crippen molar-refractivity contribution in [2.45, 2.75) is 26.7 Å². The highest BCUT2D eigenvalue weighted by Crippen LogP contribution is 2.06. The summed E-state index contributed by atoms with van der Waals surface area (Å²) in [6, 6.07) is 0. The van der Waals surface area contributed by atoms with Crippen LogP contribution in [0.4, 0.5) is 0 Å². The fourth-order valence-electron chi connectivity index (χ4n) is 1.27. The van der Waals surface area contributed by atoms with Gasteiger partial charge in [0.25, 0.3) is 0 Å². The number of Topliss-reactive ketones (excluding diaryl/α,β-unsaturated/α-hetero) is 1. The Kier molecular flexibility index (Phi) is 4.21. The molecular formula is C11H16N2O2. The Morgan fingerprint density at radius 1 is 1.40 bits per heavy atom. The van der Waals surface area contributed by atoms with E-state index in [1.165, 1.54) is 13.3 Å². The van der Waals surface area contributed by atoms with Crippen molar-refractivity contribution < 1.29 is 9.53 Å². The van der Waals surface area contributed by atoms with Gasteiger partial charge in [0, 0.05) is 6.42 Å². The van der Waals surface area contributed by atoms with Gasteiger partial charge in [0.15, 0.2) is 0 Å². The van der Waals surface area contributed by atoms with Crippen molar-refractivity contribution in [3.8, 4) is 5.88 Å². The highest BCUT2D eigenvalue weighted by molar-refractivity contribution is 5.80. The van der Waals surface area contributed by atoms with Gasteiger partial charge in [0.1, 0.15) is 5.78 Å². The van der Waals surface area contributed by atoms with E-state index >= 15 is 0 Å². The van der Waals surface area contributed by atoms with E-state index in [1.807, 2.05) is 13.8 Å². The predicted octanol–water partition coefficient (Wildman–Crippen LogP) is 1.64. The molecule has 1 aromatic heterocycles. The molecule has 0 aliphatic carbocycles. The predicted molar refractivity (Wildman–Crippen MR) is 56.8 cm³/mol. The summed E-state index contributed by atoms with van der Waals surface area (Å²) in [5.74, 6) is 1.06. The molecule has 0 fully saturated rings. The lowest BCUT2D eigenvalue weighted by atomic mass is 10.0. The highest BCUT2D eigenvalue weighted by Gasteiger charge is 2.07. The molecule has 0 bridgehead atoms. The molecule has 0 atom stereocenters. The summed E-state index contributed by atoms with van der Waals surface area (Å²) in [6.45, 7) is 4.05.